The highest BCUT2D eigenvalue weighted by molar-refractivity contribution is 5.93. The quantitative estimate of drug-likeness (QED) is 0.657. The Hall–Kier alpha value is -2.09. The van der Waals surface area contributed by atoms with Gasteiger partial charge in [-0.15, -0.1) is 0 Å². The molecule has 2 nitrogen and oxygen atoms in total. The van der Waals surface area contributed by atoms with Crippen LogP contribution in [0.15, 0.2) is 48.5 Å². The Morgan fingerprint density at radius 2 is 1.33 bits per heavy atom. The lowest BCUT2D eigenvalue weighted by atomic mass is 10.0. The van der Waals surface area contributed by atoms with Crippen molar-refractivity contribution in [3.05, 3.63) is 65.2 Å². The van der Waals surface area contributed by atoms with Crippen molar-refractivity contribution in [3.63, 3.8) is 0 Å². The van der Waals surface area contributed by atoms with Gasteiger partial charge in [-0.25, -0.2) is 0 Å². The minimum absolute atomic E-state index is 0.111. The number of aryl methyl sites for hydroxylation is 2. The monoisotopic (exact) mass is 239 g/mol. The van der Waals surface area contributed by atoms with Crippen LogP contribution in [0.4, 0.5) is 5.69 Å². The molecule has 0 spiro atoms. The standard InChI is InChI=1S/C16H17NO/c1-12(18)15-8-4-13(5-9-15)2-3-14-6-10-16(17)11-7-14/h4-11H,2-3,17H2,1H3. The van der Waals surface area contributed by atoms with Gasteiger partial charge in [-0.3, -0.25) is 4.79 Å². The molecule has 0 radical (unpaired) electrons. The Morgan fingerprint density at radius 3 is 1.78 bits per heavy atom. The third-order valence-electron chi connectivity index (χ3n) is 3.04. The number of carbonyl (C=O) groups is 1. The van der Waals surface area contributed by atoms with Crippen LogP contribution >= 0.6 is 0 Å². The Kier molecular flexibility index (Phi) is 3.78. The van der Waals surface area contributed by atoms with Crippen molar-refractivity contribution in [3.8, 4) is 0 Å². The number of nitrogens with two attached hydrogens (primary N) is 1. The molecule has 0 bridgehead atoms. The zero-order chi connectivity index (χ0) is 13.0. The van der Waals surface area contributed by atoms with Crippen molar-refractivity contribution in [2.45, 2.75) is 19.8 Å². The summed E-state index contributed by atoms with van der Waals surface area (Å²) in [4.78, 5) is 11.2. The summed E-state index contributed by atoms with van der Waals surface area (Å²) in [5.74, 6) is 0.111. The van der Waals surface area contributed by atoms with E-state index in [0.29, 0.717) is 0 Å². The number of nitrogen functional groups attached to an aromatic ring is 1. The van der Waals surface area contributed by atoms with Crippen LogP contribution in [-0.2, 0) is 12.8 Å². The number of benzene rings is 2. The topological polar surface area (TPSA) is 43.1 Å². The van der Waals surface area contributed by atoms with Gasteiger partial charge in [-0.2, -0.15) is 0 Å². The van der Waals surface area contributed by atoms with E-state index in [1.807, 2.05) is 36.4 Å². The molecule has 0 unspecified atom stereocenters. The molecule has 0 aliphatic carbocycles. The van der Waals surface area contributed by atoms with Crippen LogP contribution in [0.3, 0.4) is 0 Å². The van der Waals surface area contributed by atoms with Crippen molar-refractivity contribution in [1.29, 1.82) is 0 Å². The average Bonchev–Trinajstić information content (AvgIpc) is 2.38. The zero-order valence-electron chi connectivity index (χ0n) is 10.5. The van der Waals surface area contributed by atoms with Gasteiger partial charge in [0.2, 0.25) is 0 Å². The largest absolute Gasteiger partial charge is 0.399 e. The molecule has 92 valence electrons. The lowest BCUT2D eigenvalue weighted by Crippen LogP contribution is -1.95. The average molecular weight is 239 g/mol. The van der Waals surface area contributed by atoms with Crippen LogP contribution in [0.2, 0.25) is 0 Å². The molecule has 0 fully saturated rings. The first-order valence-corrected chi connectivity index (χ1v) is 6.09. The predicted molar refractivity (Wildman–Crippen MR) is 74.7 cm³/mol. The van der Waals surface area contributed by atoms with Crippen LogP contribution in [0.25, 0.3) is 0 Å². The van der Waals surface area contributed by atoms with Gasteiger partial charge in [0.1, 0.15) is 0 Å². The van der Waals surface area contributed by atoms with Gasteiger partial charge >= 0.3 is 0 Å². The summed E-state index contributed by atoms with van der Waals surface area (Å²) in [5, 5.41) is 0. The lowest BCUT2D eigenvalue weighted by molar-refractivity contribution is 0.101. The summed E-state index contributed by atoms with van der Waals surface area (Å²) in [6.45, 7) is 1.59. The van der Waals surface area contributed by atoms with E-state index in [1.54, 1.807) is 6.92 Å². The minimum atomic E-state index is 0.111. The first-order valence-electron chi connectivity index (χ1n) is 6.09. The molecule has 2 aromatic rings. The molecule has 2 heteroatoms. The second-order valence-electron chi connectivity index (χ2n) is 4.49. The molecule has 0 atom stereocenters. The number of hydrogen-bond donors (Lipinski definition) is 1. The van der Waals surface area contributed by atoms with E-state index >= 15 is 0 Å². The van der Waals surface area contributed by atoms with Crippen LogP contribution in [-0.4, -0.2) is 5.78 Å². The molecule has 18 heavy (non-hydrogen) atoms. The second kappa shape index (κ2) is 5.50. The van der Waals surface area contributed by atoms with Gasteiger partial charge in [0.15, 0.2) is 5.78 Å². The van der Waals surface area contributed by atoms with E-state index in [9.17, 15) is 4.79 Å². The maximum atomic E-state index is 11.2. The van der Waals surface area contributed by atoms with E-state index in [4.69, 9.17) is 5.73 Å². The van der Waals surface area contributed by atoms with E-state index in [-0.39, 0.29) is 5.78 Å². The molecule has 0 aliphatic heterocycles. The van der Waals surface area contributed by atoms with Crippen molar-refractivity contribution < 1.29 is 4.79 Å². The Labute approximate surface area is 107 Å². The van der Waals surface area contributed by atoms with Gasteiger partial charge < -0.3 is 5.73 Å². The number of carbonyl (C=O) groups excluding carboxylic acids is 1. The van der Waals surface area contributed by atoms with Gasteiger partial charge in [-0.1, -0.05) is 36.4 Å². The van der Waals surface area contributed by atoms with E-state index in [0.717, 1.165) is 24.1 Å². The summed E-state index contributed by atoms with van der Waals surface area (Å²) in [6, 6.07) is 15.8. The highest BCUT2D eigenvalue weighted by Crippen LogP contribution is 2.11. The third-order valence-corrected chi connectivity index (χ3v) is 3.04. The van der Waals surface area contributed by atoms with Gasteiger partial charge in [0.05, 0.1) is 0 Å². The minimum Gasteiger partial charge on any atom is -0.399 e. The summed E-state index contributed by atoms with van der Waals surface area (Å²) >= 11 is 0. The van der Waals surface area contributed by atoms with Gasteiger partial charge in [-0.05, 0) is 43.0 Å². The molecule has 0 saturated heterocycles. The normalized spacial score (nSPS) is 10.3. The SMILES string of the molecule is CC(=O)c1ccc(CCc2ccc(N)cc2)cc1. The lowest BCUT2D eigenvalue weighted by Gasteiger charge is -2.03. The molecular weight excluding hydrogens is 222 g/mol. The fourth-order valence-electron chi connectivity index (χ4n) is 1.88. The molecule has 0 amide bonds. The molecule has 0 heterocycles. The number of anilines is 1. The Balaban J connectivity index is 1.97. The predicted octanol–water partition coefficient (Wildman–Crippen LogP) is 3.26. The Bertz CT molecular complexity index is 526. The van der Waals surface area contributed by atoms with Crippen molar-refractivity contribution in [1.82, 2.24) is 0 Å². The number of hydrogen-bond acceptors (Lipinski definition) is 2. The molecule has 2 aromatic carbocycles. The van der Waals surface area contributed by atoms with Crippen molar-refractivity contribution >= 4 is 11.5 Å². The fraction of sp³-hybridized carbons (Fsp3) is 0.188. The summed E-state index contributed by atoms with van der Waals surface area (Å²) < 4.78 is 0. The number of Topliss-reactive ketones (excluding diaryl/α,β-unsaturated/α-hetero) is 1. The van der Waals surface area contributed by atoms with E-state index in [2.05, 4.69) is 12.1 Å². The summed E-state index contributed by atoms with van der Waals surface area (Å²) in [5.41, 5.74) is 9.74. The first kappa shape index (κ1) is 12.4. The van der Waals surface area contributed by atoms with Crippen molar-refractivity contribution in [2.24, 2.45) is 0 Å². The molecular formula is C16H17NO. The smallest absolute Gasteiger partial charge is 0.159 e. The Morgan fingerprint density at radius 1 is 0.889 bits per heavy atom. The van der Waals surface area contributed by atoms with Gasteiger partial charge in [0, 0.05) is 11.3 Å². The van der Waals surface area contributed by atoms with Crippen LogP contribution in [0.1, 0.15) is 28.4 Å². The molecule has 0 aliphatic rings. The van der Waals surface area contributed by atoms with E-state index in [1.165, 1.54) is 11.1 Å². The third kappa shape index (κ3) is 3.20. The second-order valence-corrected chi connectivity index (χ2v) is 4.49. The highest BCUT2D eigenvalue weighted by Gasteiger charge is 2.00. The van der Waals surface area contributed by atoms with Crippen LogP contribution < -0.4 is 5.73 Å². The molecule has 2 N–H and O–H groups in total. The fourth-order valence-corrected chi connectivity index (χ4v) is 1.88. The van der Waals surface area contributed by atoms with Crippen LogP contribution in [0.5, 0.6) is 0 Å². The zero-order valence-corrected chi connectivity index (χ0v) is 10.5. The first-order chi connectivity index (χ1) is 8.65. The maximum absolute atomic E-state index is 11.2. The number of rotatable bonds is 4. The summed E-state index contributed by atoms with van der Waals surface area (Å²) in [6.07, 6.45) is 1.96. The van der Waals surface area contributed by atoms with E-state index < -0.39 is 0 Å². The number of ketones is 1. The molecule has 0 saturated carbocycles. The maximum Gasteiger partial charge on any atom is 0.159 e. The van der Waals surface area contributed by atoms with Gasteiger partial charge in [0.25, 0.3) is 0 Å². The van der Waals surface area contributed by atoms with Crippen LogP contribution in [0, 0.1) is 0 Å². The highest BCUT2D eigenvalue weighted by atomic mass is 16.1. The summed E-state index contributed by atoms with van der Waals surface area (Å²) in [7, 11) is 0. The van der Waals surface area contributed by atoms with Crippen molar-refractivity contribution in [2.75, 3.05) is 5.73 Å². The molecule has 2 rings (SSSR count). The molecule has 0 aromatic heterocycles.